The summed E-state index contributed by atoms with van der Waals surface area (Å²) in [5, 5.41) is 9.22. The molecule has 0 radical (unpaired) electrons. The van der Waals surface area contributed by atoms with E-state index in [9.17, 15) is 0 Å². The van der Waals surface area contributed by atoms with Crippen LogP contribution in [-0.4, -0.2) is 14.8 Å². The highest BCUT2D eigenvalue weighted by molar-refractivity contribution is 6.43. The predicted octanol–water partition coefficient (Wildman–Crippen LogP) is 4.92. The normalized spacial score (nSPS) is 10.9. The summed E-state index contributed by atoms with van der Waals surface area (Å²) in [6, 6.07) is 11.9. The molecule has 0 fully saturated rings. The molecule has 1 aromatic heterocycles. The molecule has 0 spiro atoms. The third kappa shape index (κ3) is 2.87. The molecule has 0 amide bonds. The first-order valence-corrected chi connectivity index (χ1v) is 7.70. The van der Waals surface area contributed by atoms with Crippen LogP contribution in [0.15, 0.2) is 42.7 Å². The van der Waals surface area contributed by atoms with Gasteiger partial charge in [0, 0.05) is 5.56 Å². The molecule has 112 valence electrons. The van der Waals surface area contributed by atoms with E-state index in [1.807, 2.05) is 16.7 Å². The molecular formula is C17H15Cl2N3. The van der Waals surface area contributed by atoms with E-state index in [-0.39, 0.29) is 0 Å². The summed E-state index contributed by atoms with van der Waals surface area (Å²) in [4.78, 5) is 0. The van der Waals surface area contributed by atoms with Crippen molar-refractivity contribution in [1.82, 2.24) is 14.8 Å². The van der Waals surface area contributed by atoms with E-state index in [0.717, 1.165) is 5.56 Å². The molecule has 5 heteroatoms. The van der Waals surface area contributed by atoms with Crippen LogP contribution in [0.25, 0.3) is 11.4 Å². The van der Waals surface area contributed by atoms with Crippen molar-refractivity contribution in [2.24, 2.45) is 0 Å². The number of halogens is 2. The molecule has 0 aliphatic heterocycles. The van der Waals surface area contributed by atoms with Crippen LogP contribution < -0.4 is 0 Å². The Morgan fingerprint density at radius 2 is 1.86 bits per heavy atom. The summed E-state index contributed by atoms with van der Waals surface area (Å²) in [5.74, 6) is 0.714. The summed E-state index contributed by atoms with van der Waals surface area (Å²) in [5.41, 5.74) is 4.54. The smallest absolute Gasteiger partial charge is 0.165 e. The van der Waals surface area contributed by atoms with E-state index >= 15 is 0 Å². The van der Waals surface area contributed by atoms with Crippen LogP contribution in [0.1, 0.15) is 16.7 Å². The van der Waals surface area contributed by atoms with Gasteiger partial charge in [0.1, 0.15) is 6.33 Å². The second-order valence-corrected chi connectivity index (χ2v) is 6.09. The van der Waals surface area contributed by atoms with Crippen molar-refractivity contribution in [2.45, 2.75) is 20.4 Å². The lowest BCUT2D eigenvalue weighted by Crippen LogP contribution is -2.02. The second kappa shape index (κ2) is 6.11. The molecule has 0 aliphatic rings. The van der Waals surface area contributed by atoms with Crippen molar-refractivity contribution >= 4 is 23.2 Å². The van der Waals surface area contributed by atoms with Gasteiger partial charge in [0.2, 0.25) is 0 Å². The van der Waals surface area contributed by atoms with Crippen LogP contribution in [0, 0.1) is 13.8 Å². The molecule has 0 atom stereocenters. The van der Waals surface area contributed by atoms with Crippen LogP contribution in [0.2, 0.25) is 10.0 Å². The van der Waals surface area contributed by atoms with Gasteiger partial charge in [-0.25, -0.2) is 0 Å². The number of hydrogen-bond donors (Lipinski definition) is 0. The van der Waals surface area contributed by atoms with E-state index in [0.29, 0.717) is 22.4 Å². The summed E-state index contributed by atoms with van der Waals surface area (Å²) in [7, 11) is 0. The zero-order valence-corrected chi connectivity index (χ0v) is 13.9. The van der Waals surface area contributed by atoms with E-state index in [1.54, 1.807) is 12.4 Å². The molecule has 22 heavy (non-hydrogen) atoms. The maximum atomic E-state index is 6.29. The standard InChI is InChI=1S/C17H15Cl2N3/c1-11-6-7-13(8-12(11)2)9-22-10-20-21-17(22)14-4-3-5-15(18)16(14)19/h3-8,10H,9H2,1-2H3. The number of benzene rings is 2. The van der Waals surface area contributed by atoms with Gasteiger partial charge in [-0.1, -0.05) is 47.5 Å². The molecule has 0 saturated heterocycles. The number of rotatable bonds is 3. The van der Waals surface area contributed by atoms with Gasteiger partial charge in [-0.2, -0.15) is 0 Å². The lowest BCUT2D eigenvalue weighted by molar-refractivity contribution is 0.801. The van der Waals surface area contributed by atoms with Crippen LogP contribution in [0.3, 0.4) is 0 Å². The Balaban J connectivity index is 1.98. The minimum atomic E-state index is 0.499. The largest absolute Gasteiger partial charge is 0.309 e. The maximum Gasteiger partial charge on any atom is 0.165 e. The van der Waals surface area contributed by atoms with E-state index < -0.39 is 0 Å². The quantitative estimate of drug-likeness (QED) is 0.682. The summed E-state index contributed by atoms with van der Waals surface area (Å²) < 4.78 is 1.97. The Hall–Kier alpha value is -1.84. The van der Waals surface area contributed by atoms with Crippen LogP contribution >= 0.6 is 23.2 Å². The average Bonchev–Trinajstić information content (AvgIpc) is 2.94. The van der Waals surface area contributed by atoms with Gasteiger partial charge < -0.3 is 4.57 Å². The predicted molar refractivity (Wildman–Crippen MR) is 90.5 cm³/mol. The topological polar surface area (TPSA) is 30.7 Å². The Bertz CT molecular complexity index is 825. The van der Waals surface area contributed by atoms with Gasteiger partial charge in [0.25, 0.3) is 0 Å². The average molecular weight is 332 g/mol. The number of hydrogen-bond acceptors (Lipinski definition) is 2. The van der Waals surface area contributed by atoms with E-state index in [2.05, 4.69) is 42.2 Å². The molecule has 0 unspecified atom stereocenters. The fourth-order valence-corrected chi connectivity index (χ4v) is 2.74. The third-order valence-corrected chi connectivity index (χ3v) is 4.55. The first kappa shape index (κ1) is 15.1. The zero-order chi connectivity index (χ0) is 15.7. The van der Waals surface area contributed by atoms with Crippen molar-refractivity contribution in [3.8, 4) is 11.4 Å². The first-order valence-electron chi connectivity index (χ1n) is 6.94. The Morgan fingerprint density at radius 3 is 2.64 bits per heavy atom. The fourth-order valence-electron chi connectivity index (χ4n) is 2.35. The number of nitrogens with zero attached hydrogens (tertiary/aromatic N) is 3. The minimum absolute atomic E-state index is 0.499. The van der Waals surface area contributed by atoms with E-state index in [4.69, 9.17) is 23.2 Å². The molecule has 0 saturated carbocycles. The van der Waals surface area contributed by atoms with Gasteiger partial charge in [-0.05, 0) is 42.7 Å². The fraction of sp³-hybridized carbons (Fsp3) is 0.176. The van der Waals surface area contributed by atoms with Crippen LogP contribution in [0.5, 0.6) is 0 Å². The summed E-state index contributed by atoms with van der Waals surface area (Å²) in [6.45, 7) is 4.90. The van der Waals surface area contributed by atoms with Crippen LogP contribution in [-0.2, 0) is 6.54 Å². The lowest BCUT2D eigenvalue weighted by Gasteiger charge is -2.10. The monoisotopic (exact) mass is 331 g/mol. The highest BCUT2D eigenvalue weighted by atomic mass is 35.5. The maximum absolute atomic E-state index is 6.29. The van der Waals surface area contributed by atoms with Crippen molar-refractivity contribution in [1.29, 1.82) is 0 Å². The van der Waals surface area contributed by atoms with Gasteiger partial charge in [-0.3, -0.25) is 0 Å². The highest BCUT2D eigenvalue weighted by Gasteiger charge is 2.13. The third-order valence-electron chi connectivity index (χ3n) is 3.73. The van der Waals surface area contributed by atoms with Crippen molar-refractivity contribution in [3.63, 3.8) is 0 Å². The number of aromatic nitrogens is 3. The van der Waals surface area contributed by atoms with Gasteiger partial charge in [0.15, 0.2) is 5.82 Å². The van der Waals surface area contributed by atoms with Gasteiger partial charge in [0.05, 0.1) is 16.6 Å². The molecular weight excluding hydrogens is 317 g/mol. The number of aryl methyl sites for hydroxylation is 2. The molecule has 0 N–H and O–H groups in total. The summed E-state index contributed by atoms with van der Waals surface area (Å²) in [6.07, 6.45) is 1.71. The van der Waals surface area contributed by atoms with Crippen molar-refractivity contribution in [2.75, 3.05) is 0 Å². The van der Waals surface area contributed by atoms with Crippen LogP contribution in [0.4, 0.5) is 0 Å². The SMILES string of the molecule is Cc1ccc(Cn2cnnc2-c2cccc(Cl)c2Cl)cc1C. The molecule has 0 bridgehead atoms. The van der Waals surface area contributed by atoms with E-state index in [1.165, 1.54) is 16.7 Å². The molecule has 3 nitrogen and oxygen atoms in total. The molecule has 2 aromatic carbocycles. The molecule has 3 aromatic rings. The Kier molecular flexibility index (Phi) is 4.19. The molecule has 0 aliphatic carbocycles. The second-order valence-electron chi connectivity index (χ2n) is 5.30. The van der Waals surface area contributed by atoms with Gasteiger partial charge in [-0.15, -0.1) is 10.2 Å². The Morgan fingerprint density at radius 1 is 1.05 bits per heavy atom. The van der Waals surface area contributed by atoms with Crippen molar-refractivity contribution in [3.05, 3.63) is 69.5 Å². The van der Waals surface area contributed by atoms with Crippen molar-refractivity contribution < 1.29 is 0 Å². The highest BCUT2D eigenvalue weighted by Crippen LogP contribution is 2.32. The lowest BCUT2D eigenvalue weighted by atomic mass is 10.1. The molecule has 3 rings (SSSR count). The minimum Gasteiger partial charge on any atom is -0.309 e. The summed E-state index contributed by atoms with van der Waals surface area (Å²) >= 11 is 12.4. The van der Waals surface area contributed by atoms with Gasteiger partial charge >= 0.3 is 0 Å². The molecule has 1 heterocycles. The Labute approximate surface area is 139 Å². The zero-order valence-electron chi connectivity index (χ0n) is 12.3. The first-order chi connectivity index (χ1) is 10.6.